The SMILES string of the molecule is CCCC(Oc1ccc(-c2ccc(C)cc2)nc1)c1ccc(C(=O)NCCS(=O)(=O)O)cc1. The molecule has 1 heterocycles. The molecule has 0 fully saturated rings. The van der Waals surface area contributed by atoms with Crippen LogP contribution in [0.3, 0.4) is 0 Å². The van der Waals surface area contributed by atoms with E-state index in [1.54, 1.807) is 18.3 Å². The smallest absolute Gasteiger partial charge is 0.266 e. The molecule has 0 aliphatic rings. The van der Waals surface area contributed by atoms with Crippen LogP contribution in [0.25, 0.3) is 11.3 Å². The molecule has 0 aliphatic heterocycles. The van der Waals surface area contributed by atoms with Gasteiger partial charge in [0.25, 0.3) is 16.0 Å². The highest BCUT2D eigenvalue weighted by Gasteiger charge is 2.15. The van der Waals surface area contributed by atoms with E-state index in [2.05, 4.69) is 29.4 Å². The number of aryl methyl sites for hydroxylation is 1. The van der Waals surface area contributed by atoms with Crippen LogP contribution < -0.4 is 10.1 Å². The van der Waals surface area contributed by atoms with E-state index in [9.17, 15) is 13.2 Å². The standard InChI is InChI=1S/C25H28N2O5S/c1-3-4-24(20-9-11-21(12-10-20)25(28)26-15-16-33(29,30)31)32-22-13-14-23(27-17-22)19-7-5-18(2)6-8-19/h5-14,17,24H,3-4,15-16H2,1-2H3,(H,26,28)(H,29,30,31). The normalized spacial score (nSPS) is 12.2. The lowest BCUT2D eigenvalue weighted by Crippen LogP contribution is -2.28. The lowest BCUT2D eigenvalue weighted by molar-refractivity contribution is 0.0956. The summed E-state index contributed by atoms with van der Waals surface area (Å²) in [5, 5.41) is 2.47. The Morgan fingerprint density at radius 2 is 1.76 bits per heavy atom. The fourth-order valence-electron chi connectivity index (χ4n) is 3.31. The molecule has 0 bridgehead atoms. The summed E-state index contributed by atoms with van der Waals surface area (Å²) in [4.78, 5) is 16.7. The van der Waals surface area contributed by atoms with Crippen molar-refractivity contribution in [1.82, 2.24) is 10.3 Å². The molecule has 0 radical (unpaired) electrons. The van der Waals surface area contributed by atoms with Crippen molar-refractivity contribution in [3.63, 3.8) is 0 Å². The first-order valence-corrected chi connectivity index (χ1v) is 12.4. The number of pyridine rings is 1. The Labute approximate surface area is 194 Å². The second-order valence-corrected chi connectivity index (χ2v) is 9.38. The molecule has 174 valence electrons. The van der Waals surface area contributed by atoms with Gasteiger partial charge in [-0.25, -0.2) is 0 Å². The Bertz CT molecular complexity index is 1160. The predicted molar refractivity (Wildman–Crippen MR) is 128 cm³/mol. The molecule has 3 rings (SSSR count). The number of hydrogen-bond acceptors (Lipinski definition) is 5. The zero-order chi connectivity index (χ0) is 23.8. The Morgan fingerprint density at radius 1 is 1.06 bits per heavy atom. The first kappa shape index (κ1) is 24.4. The maximum atomic E-state index is 12.2. The number of carbonyl (C=O) groups is 1. The highest BCUT2D eigenvalue weighted by molar-refractivity contribution is 7.85. The summed E-state index contributed by atoms with van der Waals surface area (Å²) in [6, 6.07) is 19.0. The molecule has 1 amide bonds. The van der Waals surface area contributed by atoms with Crippen LogP contribution in [0.2, 0.25) is 0 Å². The third kappa shape index (κ3) is 7.40. The van der Waals surface area contributed by atoms with Crippen molar-refractivity contribution in [1.29, 1.82) is 0 Å². The van der Waals surface area contributed by atoms with Gasteiger partial charge in [0, 0.05) is 17.7 Å². The Hall–Kier alpha value is -3.23. The zero-order valence-corrected chi connectivity index (χ0v) is 19.5. The van der Waals surface area contributed by atoms with Crippen LogP contribution >= 0.6 is 0 Å². The molecule has 2 N–H and O–H groups in total. The van der Waals surface area contributed by atoms with E-state index >= 15 is 0 Å². The van der Waals surface area contributed by atoms with E-state index in [1.807, 2.05) is 43.3 Å². The third-order valence-corrected chi connectivity index (χ3v) is 5.82. The number of nitrogens with one attached hydrogen (secondary N) is 1. The first-order chi connectivity index (χ1) is 15.7. The van der Waals surface area contributed by atoms with Crippen molar-refractivity contribution in [2.24, 2.45) is 0 Å². The highest BCUT2D eigenvalue weighted by Crippen LogP contribution is 2.27. The minimum absolute atomic E-state index is 0.160. The summed E-state index contributed by atoms with van der Waals surface area (Å²) in [7, 11) is -4.11. The van der Waals surface area contributed by atoms with Crippen molar-refractivity contribution < 1.29 is 22.5 Å². The Kier molecular flexibility index (Phi) is 8.19. The number of rotatable bonds is 10. The number of aromatic nitrogens is 1. The highest BCUT2D eigenvalue weighted by atomic mass is 32.2. The van der Waals surface area contributed by atoms with Crippen LogP contribution in [0.1, 0.15) is 47.4 Å². The lowest BCUT2D eigenvalue weighted by atomic mass is 10.0. The number of benzene rings is 2. The molecule has 1 aromatic heterocycles. The number of nitrogens with zero attached hydrogens (tertiary/aromatic N) is 1. The van der Waals surface area contributed by atoms with E-state index in [0.717, 1.165) is 29.7 Å². The minimum Gasteiger partial charge on any atom is -0.484 e. The molecule has 2 aromatic carbocycles. The van der Waals surface area contributed by atoms with Crippen LogP contribution in [-0.2, 0) is 10.1 Å². The quantitative estimate of drug-likeness (QED) is 0.422. The molecule has 0 aliphatic carbocycles. The fraction of sp³-hybridized carbons (Fsp3) is 0.280. The summed E-state index contributed by atoms with van der Waals surface area (Å²) < 4.78 is 36.5. The predicted octanol–water partition coefficient (Wildman–Crippen LogP) is 4.59. The van der Waals surface area contributed by atoms with Gasteiger partial charge in [0.2, 0.25) is 0 Å². The number of hydrogen-bond donors (Lipinski definition) is 2. The lowest BCUT2D eigenvalue weighted by Gasteiger charge is -2.19. The fourth-order valence-corrected chi connectivity index (χ4v) is 3.67. The Morgan fingerprint density at radius 3 is 2.33 bits per heavy atom. The van der Waals surface area contributed by atoms with Gasteiger partial charge in [-0.05, 0) is 43.2 Å². The van der Waals surface area contributed by atoms with Crippen molar-refractivity contribution in [2.45, 2.75) is 32.8 Å². The molecular weight excluding hydrogens is 440 g/mol. The van der Waals surface area contributed by atoms with E-state index in [1.165, 1.54) is 5.56 Å². The average molecular weight is 469 g/mol. The van der Waals surface area contributed by atoms with Gasteiger partial charge < -0.3 is 10.1 Å². The maximum Gasteiger partial charge on any atom is 0.266 e. The van der Waals surface area contributed by atoms with E-state index in [4.69, 9.17) is 9.29 Å². The summed E-state index contributed by atoms with van der Waals surface area (Å²) in [6.45, 7) is 3.96. The summed E-state index contributed by atoms with van der Waals surface area (Å²) in [5.41, 5.74) is 4.44. The van der Waals surface area contributed by atoms with Crippen LogP contribution in [0.5, 0.6) is 5.75 Å². The molecule has 1 unspecified atom stereocenters. The summed E-state index contributed by atoms with van der Waals surface area (Å²) in [5.74, 6) is -0.273. The molecular formula is C25H28N2O5S. The topological polar surface area (TPSA) is 106 Å². The minimum atomic E-state index is -4.11. The zero-order valence-electron chi connectivity index (χ0n) is 18.7. The number of carbonyl (C=O) groups excluding carboxylic acids is 1. The van der Waals surface area contributed by atoms with Gasteiger partial charge in [-0.3, -0.25) is 14.3 Å². The van der Waals surface area contributed by atoms with Crippen molar-refractivity contribution >= 4 is 16.0 Å². The molecule has 3 aromatic rings. The molecule has 0 spiro atoms. The van der Waals surface area contributed by atoms with E-state index in [-0.39, 0.29) is 12.6 Å². The monoisotopic (exact) mass is 468 g/mol. The van der Waals surface area contributed by atoms with Crippen molar-refractivity contribution in [2.75, 3.05) is 12.3 Å². The van der Waals surface area contributed by atoms with Crippen molar-refractivity contribution in [3.8, 4) is 17.0 Å². The number of amides is 1. The second kappa shape index (κ2) is 11.1. The summed E-state index contributed by atoms with van der Waals surface area (Å²) >= 11 is 0. The van der Waals surface area contributed by atoms with Gasteiger partial charge in [-0.2, -0.15) is 8.42 Å². The molecule has 0 saturated heterocycles. The van der Waals surface area contributed by atoms with E-state index < -0.39 is 21.8 Å². The largest absolute Gasteiger partial charge is 0.484 e. The Balaban J connectivity index is 1.66. The van der Waals surface area contributed by atoms with Gasteiger partial charge in [-0.1, -0.05) is 55.3 Å². The first-order valence-electron chi connectivity index (χ1n) is 10.8. The van der Waals surface area contributed by atoms with E-state index in [0.29, 0.717) is 11.3 Å². The molecule has 0 saturated carbocycles. The number of ether oxygens (including phenoxy) is 1. The maximum absolute atomic E-state index is 12.2. The van der Waals surface area contributed by atoms with Crippen LogP contribution in [0.4, 0.5) is 0 Å². The van der Waals surface area contributed by atoms with Crippen LogP contribution in [0.15, 0.2) is 66.9 Å². The molecule has 7 nitrogen and oxygen atoms in total. The van der Waals surface area contributed by atoms with Gasteiger partial charge in [0.15, 0.2) is 0 Å². The van der Waals surface area contributed by atoms with Gasteiger partial charge in [0.1, 0.15) is 11.9 Å². The molecule has 8 heteroatoms. The second-order valence-electron chi connectivity index (χ2n) is 7.80. The third-order valence-electron chi connectivity index (χ3n) is 5.10. The van der Waals surface area contributed by atoms with Gasteiger partial charge in [-0.15, -0.1) is 0 Å². The average Bonchev–Trinajstić information content (AvgIpc) is 2.79. The van der Waals surface area contributed by atoms with Gasteiger partial charge in [0.05, 0.1) is 17.6 Å². The van der Waals surface area contributed by atoms with Gasteiger partial charge >= 0.3 is 0 Å². The van der Waals surface area contributed by atoms with Crippen LogP contribution in [-0.4, -0.2) is 36.2 Å². The van der Waals surface area contributed by atoms with Crippen LogP contribution in [0, 0.1) is 6.92 Å². The molecule has 1 atom stereocenters. The molecule has 33 heavy (non-hydrogen) atoms. The summed E-state index contributed by atoms with van der Waals surface area (Å²) in [6.07, 6.45) is 3.23. The van der Waals surface area contributed by atoms with Crippen molar-refractivity contribution in [3.05, 3.63) is 83.6 Å².